The van der Waals surface area contributed by atoms with Crippen molar-refractivity contribution in [3.05, 3.63) is 28.8 Å². The highest BCUT2D eigenvalue weighted by atomic mass is 16.4. The van der Waals surface area contributed by atoms with E-state index in [1.54, 1.807) is 6.07 Å². The van der Waals surface area contributed by atoms with E-state index in [1.165, 1.54) is 13.0 Å². The number of aromatic carboxylic acids is 1. The third-order valence-corrected chi connectivity index (χ3v) is 2.55. The molecular weight excluding hydrogens is 220 g/mol. The molecule has 0 spiro atoms. The van der Waals surface area contributed by atoms with E-state index >= 15 is 0 Å². The van der Waals surface area contributed by atoms with Crippen LogP contribution in [0, 0.1) is 0 Å². The van der Waals surface area contributed by atoms with Crippen LogP contribution in [0.4, 0.5) is 0 Å². The van der Waals surface area contributed by atoms with Crippen molar-refractivity contribution in [1.82, 2.24) is 0 Å². The maximum absolute atomic E-state index is 11.3. The Morgan fingerprint density at radius 1 is 1.18 bits per heavy atom. The number of ketones is 1. The van der Waals surface area contributed by atoms with Gasteiger partial charge in [-0.15, -0.1) is 0 Å². The number of Topliss-reactive ketones (excluding diaryl/α,β-unsaturated/α-hetero) is 1. The molecule has 0 atom stereocenters. The number of benzene rings is 1. The van der Waals surface area contributed by atoms with Gasteiger partial charge in [-0.25, -0.2) is 4.79 Å². The summed E-state index contributed by atoms with van der Waals surface area (Å²) in [5.41, 5.74) is 0.0927. The minimum absolute atomic E-state index is 0.224. The van der Waals surface area contributed by atoms with Crippen LogP contribution >= 0.6 is 0 Å². The van der Waals surface area contributed by atoms with Crippen molar-refractivity contribution in [3.63, 3.8) is 0 Å². The monoisotopic (exact) mass is 236 g/mol. The van der Waals surface area contributed by atoms with Crippen LogP contribution in [-0.4, -0.2) is 22.0 Å². The second-order valence-electron chi connectivity index (χ2n) is 5.03. The van der Waals surface area contributed by atoms with Gasteiger partial charge in [-0.1, -0.05) is 20.8 Å². The van der Waals surface area contributed by atoms with Crippen molar-refractivity contribution in [2.45, 2.75) is 33.1 Å². The molecule has 17 heavy (non-hydrogen) atoms. The summed E-state index contributed by atoms with van der Waals surface area (Å²) >= 11 is 0. The maximum Gasteiger partial charge on any atom is 0.339 e. The van der Waals surface area contributed by atoms with Gasteiger partial charge in [-0.2, -0.15) is 0 Å². The van der Waals surface area contributed by atoms with E-state index < -0.39 is 11.4 Å². The number of carbonyl (C=O) groups is 2. The molecule has 0 saturated carbocycles. The van der Waals surface area contributed by atoms with E-state index in [0.717, 1.165) is 0 Å². The lowest BCUT2D eigenvalue weighted by atomic mass is 9.83. The molecule has 4 nitrogen and oxygen atoms in total. The molecule has 0 aliphatic rings. The summed E-state index contributed by atoms with van der Waals surface area (Å²) in [6.07, 6.45) is 0. The first kappa shape index (κ1) is 13.2. The first-order valence-electron chi connectivity index (χ1n) is 5.26. The summed E-state index contributed by atoms with van der Waals surface area (Å²) < 4.78 is 0. The van der Waals surface area contributed by atoms with Gasteiger partial charge in [0, 0.05) is 11.1 Å². The molecule has 2 N–H and O–H groups in total. The fraction of sp³-hybridized carbons (Fsp3) is 0.385. The minimum Gasteiger partial charge on any atom is -0.507 e. The third kappa shape index (κ3) is 2.64. The molecule has 0 heterocycles. The quantitative estimate of drug-likeness (QED) is 0.774. The van der Waals surface area contributed by atoms with Crippen LogP contribution in [0.5, 0.6) is 5.75 Å². The Morgan fingerprint density at radius 3 is 2.06 bits per heavy atom. The molecule has 0 bridgehead atoms. The highest BCUT2D eigenvalue weighted by molar-refractivity contribution is 5.99. The minimum atomic E-state index is -1.24. The number of rotatable bonds is 2. The van der Waals surface area contributed by atoms with Gasteiger partial charge in [0.2, 0.25) is 0 Å². The first-order chi connectivity index (χ1) is 7.64. The molecule has 0 amide bonds. The summed E-state index contributed by atoms with van der Waals surface area (Å²) in [7, 11) is 0. The lowest BCUT2D eigenvalue weighted by Crippen LogP contribution is -2.15. The SMILES string of the molecule is CC(=O)c1cc(C(=O)O)c(O)c(C(C)(C)C)c1. The number of carbonyl (C=O) groups excluding carboxylic acids is 1. The molecule has 0 aliphatic heterocycles. The van der Waals surface area contributed by atoms with E-state index in [9.17, 15) is 14.7 Å². The maximum atomic E-state index is 11.3. The molecule has 92 valence electrons. The summed E-state index contributed by atoms with van der Waals surface area (Å²) in [6, 6.07) is 2.75. The van der Waals surface area contributed by atoms with Gasteiger partial charge in [-0.3, -0.25) is 4.79 Å². The average Bonchev–Trinajstić information content (AvgIpc) is 2.15. The zero-order valence-electron chi connectivity index (χ0n) is 10.4. The number of hydrogen-bond donors (Lipinski definition) is 2. The van der Waals surface area contributed by atoms with E-state index in [0.29, 0.717) is 11.1 Å². The van der Waals surface area contributed by atoms with Gasteiger partial charge in [-0.05, 0) is 24.5 Å². The van der Waals surface area contributed by atoms with Crippen LogP contribution in [0.1, 0.15) is 54.0 Å². The highest BCUT2D eigenvalue weighted by Gasteiger charge is 2.24. The number of phenols is 1. The second-order valence-corrected chi connectivity index (χ2v) is 5.03. The molecular formula is C13H16O4. The lowest BCUT2D eigenvalue weighted by Gasteiger charge is -2.22. The molecule has 0 saturated heterocycles. The van der Waals surface area contributed by atoms with Gasteiger partial charge in [0.1, 0.15) is 11.3 Å². The zero-order chi connectivity index (χ0) is 13.4. The summed E-state index contributed by atoms with van der Waals surface area (Å²) in [5, 5.41) is 18.9. The topological polar surface area (TPSA) is 74.6 Å². The third-order valence-electron chi connectivity index (χ3n) is 2.55. The Bertz CT molecular complexity index is 481. The van der Waals surface area contributed by atoms with Crippen molar-refractivity contribution in [1.29, 1.82) is 0 Å². The second kappa shape index (κ2) is 4.20. The lowest BCUT2D eigenvalue weighted by molar-refractivity contribution is 0.0693. The fourth-order valence-corrected chi connectivity index (χ4v) is 1.57. The molecule has 0 aromatic heterocycles. The molecule has 1 aromatic carbocycles. The number of carboxylic acid groups (broad SMARTS) is 1. The Hall–Kier alpha value is -1.84. The number of aromatic hydroxyl groups is 1. The Balaban J connectivity index is 3.60. The zero-order valence-corrected chi connectivity index (χ0v) is 10.4. The molecule has 1 aromatic rings. The number of hydrogen-bond acceptors (Lipinski definition) is 3. The van der Waals surface area contributed by atoms with Gasteiger partial charge < -0.3 is 10.2 Å². The highest BCUT2D eigenvalue weighted by Crippen LogP contribution is 2.34. The molecule has 1 rings (SSSR count). The van der Waals surface area contributed by atoms with Crippen molar-refractivity contribution in [2.75, 3.05) is 0 Å². The molecule has 0 aliphatic carbocycles. The summed E-state index contributed by atoms with van der Waals surface area (Å²) in [5.74, 6) is -1.73. The molecule has 0 unspecified atom stereocenters. The number of carboxylic acids is 1. The Labute approximate surface area is 99.9 Å². The largest absolute Gasteiger partial charge is 0.507 e. The van der Waals surface area contributed by atoms with Gasteiger partial charge >= 0.3 is 5.97 Å². The van der Waals surface area contributed by atoms with E-state index in [-0.39, 0.29) is 17.1 Å². The first-order valence-corrected chi connectivity index (χ1v) is 5.26. The van der Waals surface area contributed by atoms with Gasteiger partial charge in [0.15, 0.2) is 5.78 Å². The Morgan fingerprint density at radius 2 is 1.71 bits per heavy atom. The van der Waals surface area contributed by atoms with Crippen LogP contribution in [0.15, 0.2) is 12.1 Å². The van der Waals surface area contributed by atoms with Crippen LogP contribution in [0.3, 0.4) is 0 Å². The smallest absolute Gasteiger partial charge is 0.339 e. The Kier molecular flexibility index (Phi) is 3.27. The van der Waals surface area contributed by atoms with E-state index in [4.69, 9.17) is 5.11 Å². The standard InChI is InChI=1S/C13H16O4/c1-7(14)8-5-9(12(16)17)11(15)10(6-8)13(2,3)4/h5-6,15H,1-4H3,(H,16,17). The van der Waals surface area contributed by atoms with Crippen molar-refractivity contribution in [3.8, 4) is 5.75 Å². The molecule has 0 radical (unpaired) electrons. The summed E-state index contributed by atoms with van der Waals surface area (Å²) in [4.78, 5) is 22.3. The van der Waals surface area contributed by atoms with Gasteiger partial charge in [0.05, 0.1) is 0 Å². The van der Waals surface area contributed by atoms with E-state index in [1.807, 2.05) is 20.8 Å². The van der Waals surface area contributed by atoms with Crippen LogP contribution in [0.2, 0.25) is 0 Å². The van der Waals surface area contributed by atoms with Crippen LogP contribution < -0.4 is 0 Å². The summed E-state index contributed by atoms with van der Waals surface area (Å²) in [6.45, 7) is 6.90. The molecule has 0 fully saturated rings. The van der Waals surface area contributed by atoms with Crippen LogP contribution in [-0.2, 0) is 5.41 Å². The van der Waals surface area contributed by atoms with Crippen molar-refractivity contribution >= 4 is 11.8 Å². The normalized spacial score (nSPS) is 11.3. The van der Waals surface area contributed by atoms with Crippen LogP contribution in [0.25, 0.3) is 0 Å². The average molecular weight is 236 g/mol. The van der Waals surface area contributed by atoms with Gasteiger partial charge in [0.25, 0.3) is 0 Å². The van der Waals surface area contributed by atoms with Crippen molar-refractivity contribution in [2.24, 2.45) is 0 Å². The predicted octanol–water partition coefficient (Wildman–Crippen LogP) is 2.59. The molecule has 4 heteroatoms. The predicted molar refractivity (Wildman–Crippen MR) is 63.8 cm³/mol. The van der Waals surface area contributed by atoms with E-state index in [2.05, 4.69) is 0 Å². The fourth-order valence-electron chi connectivity index (χ4n) is 1.57. The van der Waals surface area contributed by atoms with Crippen molar-refractivity contribution < 1.29 is 19.8 Å².